The van der Waals surface area contributed by atoms with Crippen molar-refractivity contribution in [3.63, 3.8) is 0 Å². The third-order valence-electron chi connectivity index (χ3n) is 4.56. The topological polar surface area (TPSA) is 131 Å². The Hall–Kier alpha value is -4.27. The van der Waals surface area contributed by atoms with Gasteiger partial charge in [0.25, 0.3) is 0 Å². The fraction of sp³-hybridized carbons (Fsp3) is 0.0500. The van der Waals surface area contributed by atoms with Crippen LogP contribution < -0.4 is 5.32 Å². The predicted molar refractivity (Wildman–Crippen MR) is 105 cm³/mol. The molecule has 0 spiro atoms. The van der Waals surface area contributed by atoms with Crippen molar-refractivity contribution in [2.24, 2.45) is 0 Å². The zero-order chi connectivity index (χ0) is 20.5. The van der Waals surface area contributed by atoms with Crippen LogP contribution in [-0.4, -0.2) is 26.3 Å². The van der Waals surface area contributed by atoms with Crippen molar-refractivity contribution in [1.82, 2.24) is 10.3 Å². The van der Waals surface area contributed by atoms with E-state index in [9.17, 15) is 20.0 Å². The van der Waals surface area contributed by atoms with Gasteiger partial charge in [-0.15, -0.1) is 0 Å². The predicted octanol–water partition coefficient (Wildman–Crippen LogP) is 4.55. The molecule has 0 aliphatic rings. The lowest BCUT2D eigenvalue weighted by molar-refractivity contribution is -0.383. The molecule has 0 radical (unpaired) electrons. The van der Waals surface area contributed by atoms with Gasteiger partial charge in [0.05, 0.1) is 16.2 Å². The molecule has 144 valence electrons. The number of anilines is 2. The number of rotatable bonds is 5. The highest BCUT2D eigenvalue weighted by Gasteiger charge is 2.20. The van der Waals surface area contributed by atoms with Crippen molar-refractivity contribution >= 4 is 34.1 Å². The number of nitrogens with zero attached hydrogens (tertiary/aromatic N) is 3. The Balaban J connectivity index is 1.86. The molecule has 0 saturated carbocycles. The summed E-state index contributed by atoms with van der Waals surface area (Å²) >= 11 is 0. The summed E-state index contributed by atoms with van der Waals surface area (Å²) in [7, 11) is 0. The van der Waals surface area contributed by atoms with Gasteiger partial charge in [-0.25, -0.2) is 9.42 Å². The molecule has 2 N–H and O–H groups in total. The number of carbonyl (C=O) groups is 1. The van der Waals surface area contributed by atoms with E-state index in [1.54, 1.807) is 12.1 Å². The molecule has 4 aromatic rings. The van der Waals surface area contributed by atoms with Crippen LogP contribution in [0.5, 0.6) is 0 Å². The van der Waals surface area contributed by atoms with Crippen LogP contribution in [0.25, 0.3) is 22.2 Å². The molecule has 0 bridgehead atoms. The molecule has 0 aliphatic heterocycles. The molecule has 3 aromatic carbocycles. The lowest BCUT2D eigenvalue weighted by atomic mass is 9.97. The van der Waals surface area contributed by atoms with Crippen LogP contribution >= 0.6 is 0 Å². The number of hydrogen-bond acceptors (Lipinski definition) is 7. The first-order valence-electron chi connectivity index (χ1n) is 8.55. The second kappa shape index (κ2) is 7.04. The first kappa shape index (κ1) is 18.1. The van der Waals surface area contributed by atoms with E-state index in [0.29, 0.717) is 16.9 Å². The fourth-order valence-electron chi connectivity index (χ4n) is 3.13. The number of aromatic carboxylic acids is 1. The normalized spacial score (nSPS) is 10.8. The number of carboxylic acid groups (broad SMARTS) is 1. The minimum atomic E-state index is -1.04. The SMILES string of the molecule is Cc1ccccc1-c1cc(C(=O)O)ccc1Nc1ccc([N+](=O)[O-])c2nonc12. The van der Waals surface area contributed by atoms with E-state index >= 15 is 0 Å². The van der Waals surface area contributed by atoms with Crippen molar-refractivity contribution < 1.29 is 19.5 Å². The van der Waals surface area contributed by atoms with E-state index in [2.05, 4.69) is 15.6 Å². The fourth-order valence-corrected chi connectivity index (χ4v) is 3.13. The molecule has 0 amide bonds. The van der Waals surface area contributed by atoms with Crippen LogP contribution in [0.4, 0.5) is 17.1 Å². The second-order valence-electron chi connectivity index (χ2n) is 6.36. The number of benzene rings is 3. The summed E-state index contributed by atoms with van der Waals surface area (Å²) in [5, 5.41) is 31.2. The number of aryl methyl sites for hydroxylation is 1. The molecule has 1 aromatic heterocycles. The van der Waals surface area contributed by atoms with Crippen LogP contribution in [-0.2, 0) is 0 Å². The molecular formula is C20H14N4O5. The van der Waals surface area contributed by atoms with Gasteiger partial charge in [-0.05, 0) is 52.6 Å². The Bertz CT molecular complexity index is 1260. The van der Waals surface area contributed by atoms with Crippen LogP contribution in [0.15, 0.2) is 59.2 Å². The molecule has 0 unspecified atom stereocenters. The minimum Gasteiger partial charge on any atom is -0.478 e. The Morgan fingerprint density at radius 2 is 1.76 bits per heavy atom. The van der Waals surface area contributed by atoms with Gasteiger partial charge in [-0.3, -0.25) is 10.1 Å². The number of carboxylic acids is 1. The number of fused-ring (bicyclic) bond motifs is 1. The molecular weight excluding hydrogens is 376 g/mol. The largest absolute Gasteiger partial charge is 0.478 e. The van der Waals surface area contributed by atoms with Crippen LogP contribution in [0.3, 0.4) is 0 Å². The molecule has 1 heterocycles. The number of hydrogen-bond donors (Lipinski definition) is 2. The summed E-state index contributed by atoms with van der Waals surface area (Å²) < 4.78 is 4.70. The van der Waals surface area contributed by atoms with E-state index in [4.69, 9.17) is 4.63 Å². The molecule has 29 heavy (non-hydrogen) atoms. The van der Waals surface area contributed by atoms with Gasteiger partial charge in [-0.2, -0.15) is 0 Å². The molecule has 4 rings (SSSR count). The number of nitro groups is 1. The zero-order valence-electron chi connectivity index (χ0n) is 15.1. The van der Waals surface area contributed by atoms with Gasteiger partial charge < -0.3 is 10.4 Å². The first-order valence-corrected chi connectivity index (χ1v) is 8.55. The van der Waals surface area contributed by atoms with Gasteiger partial charge in [-0.1, -0.05) is 24.3 Å². The van der Waals surface area contributed by atoms with Crippen LogP contribution in [0, 0.1) is 17.0 Å². The molecule has 9 nitrogen and oxygen atoms in total. The van der Waals surface area contributed by atoms with Crippen molar-refractivity contribution in [2.75, 3.05) is 5.32 Å². The van der Waals surface area contributed by atoms with Gasteiger partial charge in [0.2, 0.25) is 5.52 Å². The molecule has 0 fully saturated rings. The summed E-state index contributed by atoms with van der Waals surface area (Å²) in [4.78, 5) is 22.1. The van der Waals surface area contributed by atoms with Gasteiger partial charge in [0.15, 0.2) is 5.52 Å². The monoisotopic (exact) mass is 390 g/mol. The third-order valence-corrected chi connectivity index (χ3v) is 4.56. The maximum Gasteiger partial charge on any atom is 0.335 e. The van der Waals surface area contributed by atoms with E-state index < -0.39 is 10.9 Å². The van der Waals surface area contributed by atoms with Crippen LogP contribution in [0.1, 0.15) is 15.9 Å². The molecule has 0 saturated heterocycles. The molecule has 0 aliphatic carbocycles. The van der Waals surface area contributed by atoms with Crippen molar-refractivity contribution in [2.45, 2.75) is 6.92 Å². The highest BCUT2D eigenvalue weighted by Crippen LogP contribution is 2.36. The average Bonchev–Trinajstić information content (AvgIpc) is 3.19. The third kappa shape index (κ3) is 3.25. The lowest BCUT2D eigenvalue weighted by Crippen LogP contribution is -2.01. The van der Waals surface area contributed by atoms with E-state index in [0.717, 1.165) is 11.1 Å². The van der Waals surface area contributed by atoms with Crippen molar-refractivity contribution in [1.29, 1.82) is 0 Å². The highest BCUT2D eigenvalue weighted by molar-refractivity contribution is 5.98. The number of aromatic nitrogens is 2. The summed E-state index contributed by atoms with van der Waals surface area (Å²) in [5.74, 6) is -1.04. The standard InChI is InChI=1S/C20H14N4O5/c1-11-4-2-3-5-13(11)14-10-12(20(25)26)6-7-15(14)21-16-8-9-17(24(27)28)19-18(16)22-29-23-19/h2-10,21H,1H3,(H,25,26). The summed E-state index contributed by atoms with van der Waals surface area (Å²) in [6, 6.07) is 15.1. The van der Waals surface area contributed by atoms with Crippen molar-refractivity contribution in [3.05, 3.63) is 75.8 Å². The maximum absolute atomic E-state index is 11.5. The first-order chi connectivity index (χ1) is 14.0. The number of nitrogens with one attached hydrogen (secondary N) is 1. The van der Waals surface area contributed by atoms with Gasteiger partial charge in [0, 0.05) is 17.3 Å². The zero-order valence-corrected chi connectivity index (χ0v) is 15.1. The lowest BCUT2D eigenvalue weighted by Gasteiger charge is -2.15. The van der Waals surface area contributed by atoms with Gasteiger partial charge in [0.1, 0.15) is 0 Å². The second-order valence-corrected chi connectivity index (χ2v) is 6.36. The number of nitro benzene ring substituents is 1. The minimum absolute atomic E-state index is 0.0274. The van der Waals surface area contributed by atoms with E-state index in [-0.39, 0.29) is 22.3 Å². The van der Waals surface area contributed by atoms with E-state index in [1.165, 1.54) is 18.2 Å². The van der Waals surface area contributed by atoms with Crippen molar-refractivity contribution in [3.8, 4) is 11.1 Å². The quantitative estimate of drug-likeness (QED) is 0.375. The Kier molecular flexibility index (Phi) is 4.40. The van der Waals surface area contributed by atoms with Crippen LogP contribution in [0.2, 0.25) is 0 Å². The maximum atomic E-state index is 11.5. The Labute approximate surface area is 163 Å². The highest BCUT2D eigenvalue weighted by atomic mass is 16.6. The molecule has 9 heteroatoms. The number of non-ortho nitro benzene ring substituents is 1. The summed E-state index contributed by atoms with van der Waals surface area (Å²) in [5.41, 5.74) is 3.72. The average molecular weight is 390 g/mol. The summed E-state index contributed by atoms with van der Waals surface area (Å²) in [6.45, 7) is 1.93. The summed E-state index contributed by atoms with van der Waals surface area (Å²) in [6.07, 6.45) is 0. The Morgan fingerprint density at radius 3 is 2.48 bits per heavy atom. The Morgan fingerprint density at radius 1 is 1.03 bits per heavy atom. The molecule has 0 atom stereocenters. The van der Waals surface area contributed by atoms with Gasteiger partial charge >= 0.3 is 11.7 Å². The van der Waals surface area contributed by atoms with E-state index in [1.807, 2.05) is 31.2 Å². The smallest absolute Gasteiger partial charge is 0.335 e.